The van der Waals surface area contributed by atoms with Crippen LogP contribution in [0.1, 0.15) is 33.1 Å². The van der Waals surface area contributed by atoms with Crippen molar-refractivity contribution in [2.45, 2.75) is 45.3 Å². The lowest BCUT2D eigenvalue weighted by Gasteiger charge is -2.24. The lowest BCUT2D eigenvalue weighted by Crippen LogP contribution is -2.39. The van der Waals surface area contributed by atoms with Crippen LogP contribution in [-0.2, 0) is 0 Å². The van der Waals surface area contributed by atoms with E-state index >= 15 is 0 Å². The van der Waals surface area contributed by atoms with Gasteiger partial charge in [-0.2, -0.15) is 0 Å². The van der Waals surface area contributed by atoms with Crippen LogP contribution in [0.4, 0.5) is 0 Å². The van der Waals surface area contributed by atoms with E-state index in [0.717, 1.165) is 31.6 Å². The van der Waals surface area contributed by atoms with E-state index < -0.39 is 6.10 Å². The van der Waals surface area contributed by atoms with Gasteiger partial charge < -0.3 is 15.2 Å². The molecule has 18 heavy (non-hydrogen) atoms. The molecule has 0 spiro atoms. The van der Waals surface area contributed by atoms with Gasteiger partial charge in [-0.25, -0.2) is 0 Å². The van der Waals surface area contributed by atoms with Gasteiger partial charge in [-0.05, 0) is 31.5 Å². The third-order valence-electron chi connectivity index (χ3n) is 2.81. The minimum absolute atomic E-state index is 0.137. The Balaban J connectivity index is 2.48. The third-order valence-corrected chi connectivity index (χ3v) is 2.81. The van der Waals surface area contributed by atoms with Crippen molar-refractivity contribution in [1.82, 2.24) is 5.32 Å². The summed E-state index contributed by atoms with van der Waals surface area (Å²) in [5, 5.41) is 13.4. The van der Waals surface area contributed by atoms with Gasteiger partial charge in [0, 0.05) is 6.54 Å². The topological polar surface area (TPSA) is 41.5 Å². The molecule has 0 aromatic heterocycles. The second-order valence-electron chi connectivity index (χ2n) is 4.53. The van der Waals surface area contributed by atoms with Crippen LogP contribution in [0.2, 0.25) is 0 Å². The Kier molecular flexibility index (Phi) is 7.46. The van der Waals surface area contributed by atoms with Crippen molar-refractivity contribution in [3.8, 4) is 5.75 Å². The molecule has 2 atom stereocenters. The molecule has 0 heterocycles. The number of hydrogen-bond donors (Lipinski definition) is 2. The summed E-state index contributed by atoms with van der Waals surface area (Å²) in [5.74, 6) is 0.825. The van der Waals surface area contributed by atoms with Crippen molar-refractivity contribution in [1.29, 1.82) is 0 Å². The first kappa shape index (κ1) is 15.0. The molecule has 3 heteroatoms. The molecule has 0 fully saturated rings. The zero-order valence-corrected chi connectivity index (χ0v) is 11.4. The molecular formula is C15H25NO2. The number of benzene rings is 1. The Morgan fingerprint density at radius 1 is 1.17 bits per heavy atom. The molecular weight excluding hydrogens is 226 g/mol. The summed E-state index contributed by atoms with van der Waals surface area (Å²) < 4.78 is 5.86. The number of nitrogens with one attached hydrogen (secondary N) is 1. The van der Waals surface area contributed by atoms with Crippen molar-refractivity contribution in [3.05, 3.63) is 30.3 Å². The fourth-order valence-corrected chi connectivity index (χ4v) is 1.85. The Morgan fingerprint density at radius 3 is 2.50 bits per heavy atom. The van der Waals surface area contributed by atoms with E-state index in [-0.39, 0.29) is 6.10 Å². The van der Waals surface area contributed by atoms with Gasteiger partial charge >= 0.3 is 0 Å². The molecule has 3 nitrogen and oxygen atoms in total. The third kappa shape index (κ3) is 5.52. The largest absolute Gasteiger partial charge is 0.488 e. The van der Waals surface area contributed by atoms with Crippen LogP contribution < -0.4 is 10.1 Å². The zero-order valence-electron chi connectivity index (χ0n) is 11.4. The fourth-order valence-electron chi connectivity index (χ4n) is 1.85. The lowest BCUT2D eigenvalue weighted by molar-refractivity contribution is 0.0314. The molecule has 0 saturated carbocycles. The molecule has 0 amide bonds. The Hall–Kier alpha value is -1.06. The molecule has 0 bridgehead atoms. The monoisotopic (exact) mass is 251 g/mol. The number of aliphatic hydroxyl groups excluding tert-OH is 1. The van der Waals surface area contributed by atoms with Crippen molar-refractivity contribution in [3.63, 3.8) is 0 Å². The minimum atomic E-state index is -0.461. The molecule has 1 aromatic carbocycles. The molecule has 0 radical (unpaired) electrons. The van der Waals surface area contributed by atoms with Crippen molar-refractivity contribution in [2.75, 3.05) is 13.1 Å². The Bertz CT molecular complexity index is 303. The maximum absolute atomic E-state index is 10.1. The normalized spacial score (nSPS) is 14.2. The smallest absolute Gasteiger partial charge is 0.126 e. The van der Waals surface area contributed by atoms with Crippen molar-refractivity contribution >= 4 is 0 Å². The fraction of sp³-hybridized carbons (Fsp3) is 0.600. The maximum Gasteiger partial charge on any atom is 0.126 e. The quantitative estimate of drug-likeness (QED) is 0.663. The molecule has 0 saturated heterocycles. The highest BCUT2D eigenvalue weighted by atomic mass is 16.5. The summed E-state index contributed by atoms with van der Waals surface area (Å²) in [6.45, 7) is 5.74. The van der Waals surface area contributed by atoms with E-state index in [4.69, 9.17) is 4.74 Å². The van der Waals surface area contributed by atoms with Gasteiger partial charge in [0.25, 0.3) is 0 Å². The van der Waals surface area contributed by atoms with Gasteiger partial charge in [-0.3, -0.25) is 0 Å². The molecule has 1 rings (SSSR count). The molecule has 1 aromatic rings. The van der Waals surface area contributed by atoms with Gasteiger partial charge in [0.15, 0.2) is 0 Å². The highest BCUT2D eigenvalue weighted by molar-refractivity contribution is 5.21. The van der Waals surface area contributed by atoms with Crippen LogP contribution in [0.15, 0.2) is 30.3 Å². The van der Waals surface area contributed by atoms with E-state index in [1.54, 1.807) is 0 Å². The predicted octanol–water partition coefficient (Wildman–Crippen LogP) is 2.59. The number of rotatable bonds is 9. The van der Waals surface area contributed by atoms with Crippen LogP contribution in [-0.4, -0.2) is 30.4 Å². The number of aliphatic hydroxyl groups is 1. The van der Waals surface area contributed by atoms with E-state index in [1.807, 2.05) is 30.3 Å². The number of hydrogen-bond acceptors (Lipinski definition) is 3. The molecule has 0 aliphatic heterocycles. The van der Waals surface area contributed by atoms with Crippen LogP contribution in [0, 0.1) is 0 Å². The molecule has 0 aliphatic carbocycles. The second-order valence-corrected chi connectivity index (χ2v) is 4.53. The lowest BCUT2D eigenvalue weighted by atomic mass is 10.1. The SMILES string of the molecule is CCCNCC(O)C(CCC)Oc1ccccc1. The number of ether oxygens (including phenoxy) is 1. The molecule has 2 N–H and O–H groups in total. The highest BCUT2D eigenvalue weighted by Crippen LogP contribution is 2.15. The van der Waals surface area contributed by atoms with Crippen molar-refractivity contribution in [2.24, 2.45) is 0 Å². The first-order valence-electron chi connectivity index (χ1n) is 6.88. The van der Waals surface area contributed by atoms with Gasteiger partial charge in [-0.1, -0.05) is 38.5 Å². The summed E-state index contributed by atoms with van der Waals surface area (Å²) in [6, 6.07) is 9.70. The molecule has 2 unspecified atom stereocenters. The van der Waals surface area contributed by atoms with Crippen LogP contribution >= 0.6 is 0 Å². The first-order valence-corrected chi connectivity index (χ1v) is 6.88. The van der Waals surface area contributed by atoms with Gasteiger partial charge in [-0.15, -0.1) is 0 Å². The summed E-state index contributed by atoms with van der Waals surface area (Å²) in [6.07, 6.45) is 2.34. The zero-order chi connectivity index (χ0) is 13.2. The standard InChI is InChI=1S/C15H25NO2/c1-3-8-15(14(17)12-16-11-4-2)18-13-9-6-5-7-10-13/h5-7,9-10,14-17H,3-4,8,11-12H2,1-2H3. The summed E-state index contributed by atoms with van der Waals surface area (Å²) in [5.41, 5.74) is 0. The van der Waals surface area contributed by atoms with E-state index in [0.29, 0.717) is 6.54 Å². The predicted molar refractivity (Wildman–Crippen MR) is 74.9 cm³/mol. The van der Waals surface area contributed by atoms with Gasteiger partial charge in [0.2, 0.25) is 0 Å². The average Bonchev–Trinajstić information content (AvgIpc) is 2.39. The summed E-state index contributed by atoms with van der Waals surface area (Å²) >= 11 is 0. The van der Waals surface area contributed by atoms with Crippen LogP contribution in [0.3, 0.4) is 0 Å². The Labute approximate surface area is 110 Å². The Morgan fingerprint density at radius 2 is 1.89 bits per heavy atom. The molecule has 102 valence electrons. The average molecular weight is 251 g/mol. The highest BCUT2D eigenvalue weighted by Gasteiger charge is 2.19. The second kappa shape index (κ2) is 8.95. The van der Waals surface area contributed by atoms with Crippen LogP contribution in [0.25, 0.3) is 0 Å². The summed E-state index contributed by atoms with van der Waals surface area (Å²) in [7, 11) is 0. The van der Waals surface area contributed by atoms with Gasteiger partial charge in [0.1, 0.15) is 18.0 Å². The van der Waals surface area contributed by atoms with Crippen LogP contribution in [0.5, 0.6) is 5.75 Å². The van der Waals surface area contributed by atoms with E-state index in [9.17, 15) is 5.11 Å². The van der Waals surface area contributed by atoms with E-state index in [2.05, 4.69) is 19.2 Å². The van der Waals surface area contributed by atoms with Gasteiger partial charge in [0.05, 0.1) is 0 Å². The summed E-state index contributed by atoms with van der Waals surface area (Å²) in [4.78, 5) is 0. The number of para-hydroxylation sites is 1. The maximum atomic E-state index is 10.1. The van der Waals surface area contributed by atoms with E-state index in [1.165, 1.54) is 0 Å². The van der Waals surface area contributed by atoms with Crippen molar-refractivity contribution < 1.29 is 9.84 Å². The molecule has 0 aliphatic rings. The minimum Gasteiger partial charge on any atom is -0.488 e. The first-order chi connectivity index (χ1) is 8.77.